The second kappa shape index (κ2) is 9.42. The number of likely N-dealkylation sites (tertiary alicyclic amines) is 1. The lowest BCUT2D eigenvalue weighted by Gasteiger charge is -2.42. The molecule has 4 nitrogen and oxygen atoms in total. The first-order valence-corrected chi connectivity index (χ1v) is 8.84. The van der Waals surface area contributed by atoms with E-state index in [0.29, 0.717) is 18.1 Å². The monoisotopic (exact) mass is 297 g/mol. The van der Waals surface area contributed by atoms with Crippen LogP contribution in [0, 0.1) is 0 Å². The van der Waals surface area contributed by atoms with Crippen LogP contribution in [0.1, 0.15) is 66.7 Å². The van der Waals surface area contributed by atoms with E-state index in [1.807, 2.05) is 0 Å². The van der Waals surface area contributed by atoms with Gasteiger partial charge < -0.3 is 10.6 Å². The van der Waals surface area contributed by atoms with Gasteiger partial charge in [-0.2, -0.15) is 0 Å². The molecule has 3 atom stereocenters. The van der Waals surface area contributed by atoms with E-state index in [1.54, 1.807) is 0 Å². The highest BCUT2D eigenvalue weighted by atomic mass is 16.2. The third kappa shape index (κ3) is 5.26. The van der Waals surface area contributed by atoms with Gasteiger partial charge in [0.25, 0.3) is 0 Å². The van der Waals surface area contributed by atoms with E-state index < -0.39 is 0 Å². The predicted molar refractivity (Wildman–Crippen MR) is 89.5 cm³/mol. The van der Waals surface area contributed by atoms with Gasteiger partial charge in [0.15, 0.2) is 0 Å². The molecule has 3 unspecified atom stereocenters. The van der Waals surface area contributed by atoms with Gasteiger partial charge in [0.1, 0.15) is 0 Å². The number of amides is 1. The number of carbonyl (C=O) groups is 1. The summed E-state index contributed by atoms with van der Waals surface area (Å²) in [5, 5.41) is 6.73. The fourth-order valence-electron chi connectivity index (χ4n) is 3.42. The second-order valence-corrected chi connectivity index (χ2v) is 6.35. The maximum atomic E-state index is 12.5. The fraction of sp³-hybridized carbons (Fsp3) is 0.941. The second-order valence-electron chi connectivity index (χ2n) is 6.35. The van der Waals surface area contributed by atoms with Crippen LogP contribution in [-0.4, -0.2) is 48.1 Å². The number of nitrogens with one attached hydrogen (secondary N) is 2. The van der Waals surface area contributed by atoms with E-state index in [9.17, 15) is 4.79 Å². The summed E-state index contributed by atoms with van der Waals surface area (Å²) in [5.41, 5.74) is 0. The third-order valence-electron chi connectivity index (χ3n) is 4.90. The zero-order valence-corrected chi connectivity index (χ0v) is 14.6. The Balaban J connectivity index is 2.67. The number of carbonyl (C=O) groups excluding carboxylic acids is 1. The van der Waals surface area contributed by atoms with Crippen LogP contribution >= 0.6 is 0 Å². The number of likely N-dealkylation sites (N-methyl/N-ethyl adjacent to an activating group) is 1. The Morgan fingerprint density at radius 3 is 2.43 bits per heavy atom. The molecule has 0 aliphatic carbocycles. The van der Waals surface area contributed by atoms with Crippen molar-refractivity contribution in [2.45, 2.75) is 90.9 Å². The summed E-state index contributed by atoms with van der Waals surface area (Å²) >= 11 is 0. The molecule has 0 aromatic carbocycles. The molecule has 21 heavy (non-hydrogen) atoms. The van der Waals surface area contributed by atoms with Crippen molar-refractivity contribution in [3.63, 3.8) is 0 Å². The van der Waals surface area contributed by atoms with Crippen LogP contribution in [0.2, 0.25) is 0 Å². The molecule has 0 saturated carbocycles. The van der Waals surface area contributed by atoms with E-state index >= 15 is 0 Å². The van der Waals surface area contributed by atoms with Gasteiger partial charge in [0.05, 0.1) is 6.04 Å². The summed E-state index contributed by atoms with van der Waals surface area (Å²) in [5.74, 6) is 0.194. The lowest BCUT2D eigenvalue weighted by molar-refractivity contribution is -0.128. The summed E-state index contributed by atoms with van der Waals surface area (Å²) < 4.78 is 0. The molecule has 0 bridgehead atoms. The molecule has 1 heterocycles. The van der Waals surface area contributed by atoms with E-state index in [2.05, 4.69) is 50.2 Å². The van der Waals surface area contributed by atoms with Crippen LogP contribution in [0.4, 0.5) is 0 Å². The van der Waals surface area contributed by atoms with Crippen LogP contribution in [0.3, 0.4) is 0 Å². The van der Waals surface area contributed by atoms with Crippen molar-refractivity contribution in [1.29, 1.82) is 0 Å². The molecular weight excluding hydrogens is 262 g/mol. The van der Waals surface area contributed by atoms with Crippen molar-refractivity contribution in [2.75, 3.05) is 13.1 Å². The lowest BCUT2D eigenvalue weighted by atomic mass is 9.94. The Labute approximate surface area is 131 Å². The highest BCUT2D eigenvalue weighted by molar-refractivity contribution is 5.81. The molecule has 1 amide bonds. The third-order valence-corrected chi connectivity index (χ3v) is 4.90. The number of hydrogen-bond donors (Lipinski definition) is 2. The maximum absolute atomic E-state index is 12.5. The molecule has 0 radical (unpaired) electrons. The van der Waals surface area contributed by atoms with Gasteiger partial charge in [-0.3, -0.25) is 9.69 Å². The van der Waals surface area contributed by atoms with Gasteiger partial charge in [0, 0.05) is 18.1 Å². The molecule has 0 spiro atoms. The highest BCUT2D eigenvalue weighted by Crippen LogP contribution is 2.22. The summed E-state index contributed by atoms with van der Waals surface area (Å²) in [6.07, 6.45) is 5.69. The molecule has 0 aromatic rings. The molecule has 2 N–H and O–H groups in total. The van der Waals surface area contributed by atoms with Gasteiger partial charge in [-0.15, -0.1) is 0 Å². The SMILES string of the molecule is CCNC(C)C1CCCCN1C(C)C(=O)NC(CC)CC. The van der Waals surface area contributed by atoms with Gasteiger partial charge in [-0.05, 0) is 52.6 Å². The first-order chi connectivity index (χ1) is 10.0. The average Bonchev–Trinajstić information content (AvgIpc) is 2.51. The Bertz CT molecular complexity index is 304. The van der Waals surface area contributed by atoms with Crippen LogP contribution in [0.5, 0.6) is 0 Å². The zero-order valence-electron chi connectivity index (χ0n) is 14.6. The average molecular weight is 297 g/mol. The van der Waals surface area contributed by atoms with Gasteiger partial charge >= 0.3 is 0 Å². The molecule has 1 saturated heterocycles. The smallest absolute Gasteiger partial charge is 0.237 e. The Morgan fingerprint density at radius 1 is 1.19 bits per heavy atom. The highest BCUT2D eigenvalue weighted by Gasteiger charge is 2.33. The molecule has 4 heteroatoms. The minimum absolute atomic E-state index is 0.0305. The lowest BCUT2D eigenvalue weighted by Crippen LogP contribution is -2.58. The van der Waals surface area contributed by atoms with Crippen molar-refractivity contribution in [3.05, 3.63) is 0 Å². The molecule has 124 valence electrons. The van der Waals surface area contributed by atoms with Gasteiger partial charge in [0.2, 0.25) is 5.91 Å². The summed E-state index contributed by atoms with van der Waals surface area (Å²) in [7, 11) is 0. The number of nitrogens with zero attached hydrogens (tertiary/aromatic N) is 1. The van der Waals surface area contributed by atoms with Crippen LogP contribution in [0.25, 0.3) is 0 Å². The number of piperidine rings is 1. The van der Waals surface area contributed by atoms with Crippen molar-refractivity contribution < 1.29 is 4.79 Å². The quantitative estimate of drug-likeness (QED) is 0.723. The van der Waals surface area contributed by atoms with E-state index in [-0.39, 0.29) is 11.9 Å². The molecule has 1 fully saturated rings. The van der Waals surface area contributed by atoms with E-state index in [4.69, 9.17) is 0 Å². The standard InChI is InChI=1S/C17H35N3O/c1-6-15(7-2)19-17(21)14(5)20-12-10-9-11-16(20)13(4)18-8-3/h13-16,18H,6-12H2,1-5H3,(H,19,21). The summed E-state index contributed by atoms with van der Waals surface area (Å²) in [4.78, 5) is 14.9. The van der Waals surface area contributed by atoms with Gasteiger partial charge in [-0.25, -0.2) is 0 Å². The maximum Gasteiger partial charge on any atom is 0.237 e. The topological polar surface area (TPSA) is 44.4 Å². The number of rotatable bonds is 8. The minimum Gasteiger partial charge on any atom is -0.352 e. The van der Waals surface area contributed by atoms with E-state index in [1.165, 1.54) is 19.3 Å². The largest absolute Gasteiger partial charge is 0.352 e. The molecule has 1 aliphatic rings. The Kier molecular flexibility index (Phi) is 8.27. The molecule has 0 aromatic heterocycles. The van der Waals surface area contributed by atoms with Crippen LogP contribution in [0.15, 0.2) is 0 Å². The zero-order chi connectivity index (χ0) is 15.8. The molecule has 1 aliphatic heterocycles. The normalized spacial score (nSPS) is 23.0. The number of hydrogen-bond acceptors (Lipinski definition) is 3. The van der Waals surface area contributed by atoms with Crippen LogP contribution in [-0.2, 0) is 4.79 Å². The Morgan fingerprint density at radius 2 is 1.86 bits per heavy atom. The summed E-state index contributed by atoms with van der Waals surface area (Å²) in [6, 6.07) is 1.20. The fourth-order valence-corrected chi connectivity index (χ4v) is 3.42. The summed E-state index contributed by atoms with van der Waals surface area (Å²) in [6.45, 7) is 12.8. The van der Waals surface area contributed by atoms with Crippen molar-refractivity contribution in [1.82, 2.24) is 15.5 Å². The molecule has 1 rings (SSSR count). The van der Waals surface area contributed by atoms with Crippen molar-refractivity contribution >= 4 is 5.91 Å². The van der Waals surface area contributed by atoms with Crippen molar-refractivity contribution in [2.24, 2.45) is 0 Å². The first kappa shape index (κ1) is 18.4. The minimum atomic E-state index is -0.0305. The predicted octanol–water partition coefficient (Wildman–Crippen LogP) is 2.53. The van der Waals surface area contributed by atoms with Crippen molar-refractivity contribution in [3.8, 4) is 0 Å². The van der Waals surface area contributed by atoms with Gasteiger partial charge in [-0.1, -0.05) is 27.2 Å². The van der Waals surface area contributed by atoms with E-state index in [0.717, 1.165) is 25.9 Å². The Hall–Kier alpha value is -0.610. The molecular formula is C17H35N3O. The van der Waals surface area contributed by atoms with Crippen LogP contribution < -0.4 is 10.6 Å². The first-order valence-electron chi connectivity index (χ1n) is 8.84.